The molecule has 10 heteroatoms. The predicted octanol–water partition coefficient (Wildman–Crippen LogP) is 3.12. The van der Waals surface area contributed by atoms with Gasteiger partial charge in [0, 0.05) is 41.6 Å². The number of benzene rings is 2. The largest absolute Gasteiger partial charge is 0.496 e. The number of nitrogens with one attached hydrogen (secondary N) is 1. The molecule has 0 saturated carbocycles. The highest BCUT2D eigenvalue weighted by Crippen LogP contribution is 2.38. The quantitative estimate of drug-likeness (QED) is 0.595. The number of carbonyl (C=O) groups excluding carboxylic acids is 1. The molecule has 0 bridgehead atoms. The number of carbonyl (C=O) groups is 1. The highest BCUT2D eigenvalue weighted by Gasteiger charge is 2.39. The van der Waals surface area contributed by atoms with Crippen molar-refractivity contribution >= 4 is 43.8 Å². The third kappa shape index (κ3) is 3.59. The Morgan fingerprint density at radius 1 is 1.16 bits per heavy atom. The highest BCUT2D eigenvalue weighted by atomic mass is 32.2. The number of amides is 1. The molecule has 1 atom stereocenters. The van der Waals surface area contributed by atoms with Crippen LogP contribution in [0.15, 0.2) is 58.9 Å². The number of rotatable bonds is 6. The number of thiazole rings is 1. The number of methoxy groups -OCH3 is 1. The Hall–Kier alpha value is -3.11. The molecular weight excluding hydrogens is 448 g/mol. The summed E-state index contributed by atoms with van der Waals surface area (Å²) in [4.78, 5) is 21.2. The minimum Gasteiger partial charge on any atom is -0.496 e. The number of ether oxygens (including phenoxy) is 1. The lowest BCUT2D eigenvalue weighted by Crippen LogP contribution is -2.41. The number of fused-ring (bicyclic) bond motifs is 1. The molecule has 5 rings (SSSR count). The van der Waals surface area contributed by atoms with E-state index in [0.29, 0.717) is 23.8 Å². The van der Waals surface area contributed by atoms with Crippen molar-refractivity contribution in [3.05, 3.63) is 59.6 Å². The molecule has 1 N–H and O–H groups in total. The number of anilines is 3. The molecule has 1 saturated heterocycles. The Bertz CT molecular complexity index is 1240. The first-order valence-electron chi connectivity index (χ1n) is 10.2. The van der Waals surface area contributed by atoms with Crippen LogP contribution in [0.1, 0.15) is 12.0 Å². The van der Waals surface area contributed by atoms with E-state index in [1.807, 2.05) is 18.2 Å². The van der Waals surface area contributed by atoms with E-state index in [-0.39, 0.29) is 16.8 Å². The maximum absolute atomic E-state index is 13.3. The molecule has 0 radical (unpaired) electrons. The Labute approximate surface area is 190 Å². The maximum atomic E-state index is 13.3. The van der Waals surface area contributed by atoms with Gasteiger partial charge in [-0.3, -0.25) is 9.52 Å². The minimum atomic E-state index is -3.73. The van der Waals surface area contributed by atoms with Crippen LogP contribution in [0.4, 0.5) is 16.5 Å². The first kappa shape index (κ1) is 20.8. The van der Waals surface area contributed by atoms with Crippen LogP contribution in [0.2, 0.25) is 0 Å². The second-order valence-electron chi connectivity index (χ2n) is 7.63. The second kappa shape index (κ2) is 8.10. The zero-order valence-corrected chi connectivity index (χ0v) is 19.0. The third-order valence-corrected chi connectivity index (χ3v) is 8.08. The molecule has 1 amide bonds. The smallest absolute Gasteiger partial charge is 0.263 e. The van der Waals surface area contributed by atoms with Crippen LogP contribution in [0.5, 0.6) is 5.75 Å². The summed E-state index contributed by atoms with van der Waals surface area (Å²) >= 11 is 1.21. The standard InChI is InChI=1S/C22H22N4O4S2/c1-30-20-4-2-3-18-17(20)9-12-26(18)19-10-13-25(21(19)27)15-5-7-16(8-6-15)32(28,29)24-22-23-11-14-31-22/h2-8,11,14,19H,9-10,12-13H2,1H3,(H,23,24)/t19-/m0/s1. The summed E-state index contributed by atoms with van der Waals surface area (Å²) in [5, 5.41) is 2.01. The fourth-order valence-corrected chi connectivity index (χ4v) is 6.19. The summed E-state index contributed by atoms with van der Waals surface area (Å²) in [5.74, 6) is 0.882. The summed E-state index contributed by atoms with van der Waals surface area (Å²) in [7, 11) is -2.06. The zero-order chi connectivity index (χ0) is 22.3. The van der Waals surface area contributed by atoms with E-state index in [1.165, 1.54) is 29.7 Å². The van der Waals surface area contributed by atoms with E-state index in [4.69, 9.17) is 4.74 Å². The Kier molecular flexibility index (Phi) is 5.26. The number of aromatic nitrogens is 1. The number of nitrogens with zero attached hydrogens (tertiary/aromatic N) is 3. The minimum absolute atomic E-state index is 0.0252. The molecule has 2 aliphatic rings. The Morgan fingerprint density at radius 3 is 2.69 bits per heavy atom. The van der Waals surface area contributed by atoms with Crippen molar-refractivity contribution in [1.82, 2.24) is 4.98 Å². The SMILES string of the molecule is COc1cccc2c1CCN2[C@H]1CCN(c2ccc(S(=O)(=O)Nc3nccs3)cc2)C1=O. The molecule has 0 aliphatic carbocycles. The van der Waals surface area contributed by atoms with Gasteiger partial charge >= 0.3 is 0 Å². The van der Waals surface area contributed by atoms with Crippen LogP contribution in [0.3, 0.4) is 0 Å². The van der Waals surface area contributed by atoms with E-state index in [0.717, 1.165) is 30.0 Å². The third-order valence-electron chi connectivity index (χ3n) is 5.91. The Morgan fingerprint density at radius 2 is 1.97 bits per heavy atom. The van der Waals surface area contributed by atoms with Gasteiger partial charge in [0.25, 0.3) is 10.0 Å². The van der Waals surface area contributed by atoms with Crippen molar-refractivity contribution < 1.29 is 17.9 Å². The van der Waals surface area contributed by atoms with Gasteiger partial charge < -0.3 is 14.5 Å². The molecule has 2 aliphatic heterocycles. The van der Waals surface area contributed by atoms with Gasteiger partial charge in [0.05, 0.1) is 12.0 Å². The molecule has 0 spiro atoms. The predicted molar refractivity (Wildman–Crippen MR) is 124 cm³/mol. The average Bonchev–Trinajstić information content (AvgIpc) is 3.53. The van der Waals surface area contributed by atoms with Crippen LogP contribution < -0.4 is 19.3 Å². The van der Waals surface area contributed by atoms with Crippen molar-refractivity contribution in [2.75, 3.05) is 34.7 Å². The summed E-state index contributed by atoms with van der Waals surface area (Å²) in [6.45, 7) is 1.36. The van der Waals surface area contributed by atoms with Gasteiger partial charge in [-0.1, -0.05) is 6.07 Å². The fraction of sp³-hybridized carbons (Fsp3) is 0.273. The molecule has 1 aromatic heterocycles. The van der Waals surface area contributed by atoms with Gasteiger partial charge in [-0.25, -0.2) is 13.4 Å². The van der Waals surface area contributed by atoms with Crippen molar-refractivity contribution in [3.63, 3.8) is 0 Å². The van der Waals surface area contributed by atoms with Crippen LogP contribution in [-0.2, 0) is 21.2 Å². The number of sulfonamides is 1. The second-order valence-corrected chi connectivity index (χ2v) is 10.2. The van der Waals surface area contributed by atoms with E-state index in [2.05, 4.69) is 14.6 Å². The van der Waals surface area contributed by atoms with Crippen molar-refractivity contribution in [3.8, 4) is 5.75 Å². The molecule has 8 nitrogen and oxygen atoms in total. The fourth-order valence-electron chi connectivity index (χ4n) is 4.41. The van der Waals surface area contributed by atoms with Gasteiger partial charge in [0.15, 0.2) is 5.13 Å². The number of hydrogen-bond donors (Lipinski definition) is 1. The van der Waals surface area contributed by atoms with Crippen molar-refractivity contribution in [1.29, 1.82) is 0 Å². The molecule has 32 heavy (non-hydrogen) atoms. The van der Waals surface area contributed by atoms with Gasteiger partial charge in [-0.05, 0) is 49.2 Å². The van der Waals surface area contributed by atoms with Crippen LogP contribution >= 0.6 is 11.3 Å². The van der Waals surface area contributed by atoms with E-state index in [9.17, 15) is 13.2 Å². The Balaban J connectivity index is 1.33. The summed E-state index contributed by atoms with van der Waals surface area (Å²) in [6.07, 6.45) is 3.10. The summed E-state index contributed by atoms with van der Waals surface area (Å²) in [5.41, 5.74) is 2.89. The van der Waals surface area contributed by atoms with Crippen LogP contribution in [0.25, 0.3) is 0 Å². The summed E-state index contributed by atoms with van der Waals surface area (Å²) in [6, 6.07) is 12.1. The lowest BCUT2D eigenvalue weighted by atomic mass is 10.1. The molecule has 166 valence electrons. The molecule has 3 heterocycles. The van der Waals surface area contributed by atoms with E-state index >= 15 is 0 Å². The first-order valence-corrected chi connectivity index (χ1v) is 12.6. The first-order chi connectivity index (χ1) is 15.5. The van der Waals surface area contributed by atoms with Gasteiger partial charge in [-0.2, -0.15) is 0 Å². The lowest BCUT2D eigenvalue weighted by Gasteiger charge is -2.26. The average molecular weight is 471 g/mol. The normalized spacial score (nSPS) is 18.2. The van der Waals surface area contributed by atoms with Gasteiger partial charge in [-0.15, -0.1) is 11.3 Å². The highest BCUT2D eigenvalue weighted by molar-refractivity contribution is 7.93. The number of hydrogen-bond acceptors (Lipinski definition) is 7. The monoisotopic (exact) mass is 470 g/mol. The topological polar surface area (TPSA) is 91.8 Å². The van der Waals surface area contributed by atoms with Crippen LogP contribution in [-0.4, -0.2) is 45.6 Å². The van der Waals surface area contributed by atoms with Gasteiger partial charge in [0.1, 0.15) is 11.8 Å². The molecular formula is C22H22N4O4S2. The van der Waals surface area contributed by atoms with Gasteiger partial charge in [0.2, 0.25) is 5.91 Å². The van der Waals surface area contributed by atoms with E-state index < -0.39 is 10.0 Å². The molecule has 3 aromatic rings. The van der Waals surface area contributed by atoms with Crippen molar-refractivity contribution in [2.45, 2.75) is 23.8 Å². The van der Waals surface area contributed by atoms with Crippen LogP contribution in [0, 0.1) is 0 Å². The molecule has 1 fully saturated rings. The molecule has 2 aromatic carbocycles. The maximum Gasteiger partial charge on any atom is 0.263 e. The van der Waals surface area contributed by atoms with Crippen molar-refractivity contribution in [2.24, 2.45) is 0 Å². The lowest BCUT2D eigenvalue weighted by molar-refractivity contribution is -0.118. The zero-order valence-electron chi connectivity index (χ0n) is 17.4. The van der Waals surface area contributed by atoms with E-state index in [1.54, 1.807) is 29.5 Å². The summed E-state index contributed by atoms with van der Waals surface area (Å²) < 4.78 is 33.0. The molecule has 0 unspecified atom stereocenters.